The summed E-state index contributed by atoms with van der Waals surface area (Å²) < 4.78 is 41.1. The first-order valence-corrected chi connectivity index (χ1v) is 4.92. The lowest BCUT2D eigenvalue weighted by atomic mass is 9.88. The molecule has 0 aliphatic heterocycles. The second-order valence-corrected chi connectivity index (χ2v) is 3.72. The summed E-state index contributed by atoms with van der Waals surface area (Å²) in [6, 6.07) is 0. The molecule has 0 saturated heterocycles. The number of nitrogens with zero attached hydrogens (tertiary/aromatic N) is 2. The van der Waals surface area contributed by atoms with Gasteiger partial charge in [0.25, 0.3) is 5.82 Å². The number of rotatable bonds is 1. The molecule has 0 spiro atoms. The summed E-state index contributed by atoms with van der Waals surface area (Å²) in [7, 11) is 0. The van der Waals surface area contributed by atoms with Crippen LogP contribution in [0.1, 0.15) is 43.3 Å². The maximum Gasteiger partial charge on any atom is 0.455 e. The fourth-order valence-electron chi connectivity index (χ4n) is 1.74. The molecule has 2 rings (SSSR count). The number of hydrogen-bond donors (Lipinski definition) is 0. The summed E-state index contributed by atoms with van der Waals surface area (Å²) >= 11 is 0. The molecule has 1 saturated carbocycles. The van der Waals surface area contributed by atoms with Gasteiger partial charge in [0.15, 0.2) is 0 Å². The van der Waals surface area contributed by atoms with Crippen LogP contribution in [0, 0.1) is 0 Å². The van der Waals surface area contributed by atoms with Gasteiger partial charge in [0, 0.05) is 6.42 Å². The van der Waals surface area contributed by atoms with Crippen molar-refractivity contribution in [3.63, 3.8) is 0 Å². The Bertz CT molecular complexity index is 400. The Hall–Kier alpha value is -1.40. The van der Waals surface area contributed by atoms with Crippen molar-refractivity contribution in [2.24, 2.45) is 0 Å². The van der Waals surface area contributed by atoms with Crippen LogP contribution in [-0.2, 0) is 11.0 Å². The van der Waals surface area contributed by atoms with E-state index in [0.717, 1.165) is 12.8 Å². The second kappa shape index (κ2) is 3.88. The Kier molecular flexibility index (Phi) is 2.69. The van der Waals surface area contributed by atoms with E-state index in [0.29, 0.717) is 12.8 Å². The minimum absolute atomic E-state index is 0.122. The minimum atomic E-state index is -4.63. The van der Waals surface area contributed by atoms with Crippen LogP contribution in [0.5, 0.6) is 0 Å². The van der Waals surface area contributed by atoms with Crippen LogP contribution in [0.3, 0.4) is 0 Å². The first-order chi connectivity index (χ1) is 7.48. The van der Waals surface area contributed by atoms with Crippen molar-refractivity contribution in [1.82, 2.24) is 10.1 Å². The Morgan fingerprint density at radius 3 is 2.62 bits per heavy atom. The lowest BCUT2D eigenvalue weighted by Gasteiger charge is -2.16. The number of aromatic nitrogens is 2. The number of carbonyl (C=O) groups excluding carboxylic acids is 1. The molecule has 7 heteroatoms. The molecule has 1 aliphatic rings. The minimum Gasteiger partial charge on any atom is -0.338 e. The van der Waals surface area contributed by atoms with E-state index in [9.17, 15) is 18.0 Å². The van der Waals surface area contributed by atoms with Crippen molar-refractivity contribution < 1.29 is 22.5 Å². The lowest BCUT2D eigenvalue weighted by molar-refractivity contribution is -0.146. The zero-order valence-electron chi connectivity index (χ0n) is 8.25. The van der Waals surface area contributed by atoms with E-state index in [2.05, 4.69) is 14.7 Å². The van der Waals surface area contributed by atoms with Crippen molar-refractivity contribution in [3.05, 3.63) is 11.7 Å². The molecule has 16 heavy (non-hydrogen) atoms. The smallest absolute Gasteiger partial charge is 0.338 e. The monoisotopic (exact) mass is 234 g/mol. The Morgan fingerprint density at radius 1 is 1.31 bits per heavy atom. The second-order valence-electron chi connectivity index (χ2n) is 3.72. The number of carbonyl (C=O) groups is 1. The quantitative estimate of drug-likeness (QED) is 0.748. The summed E-state index contributed by atoms with van der Waals surface area (Å²) in [6.45, 7) is 0. The number of halogens is 3. The largest absolute Gasteiger partial charge is 0.455 e. The van der Waals surface area contributed by atoms with Crippen LogP contribution >= 0.6 is 0 Å². The third-order valence-corrected chi connectivity index (χ3v) is 2.55. The van der Waals surface area contributed by atoms with Gasteiger partial charge in [-0.2, -0.15) is 18.2 Å². The molecule has 88 valence electrons. The van der Waals surface area contributed by atoms with Crippen LogP contribution in [0.25, 0.3) is 0 Å². The van der Waals surface area contributed by atoms with Gasteiger partial charge in [-0.3, -0.25) is 4.79 Å². The topological polar surface area (TPSA) is 56.0 Å². The predicted octanol–water partition coefficient (Wildman–Crippen LogP) is 2.32. The van der Waals surface area contributed by atoms with E-state index in [4.69, 9.17) is 0 Å². The SMILES string of the molecule is O=C1CCCCC1c1nc(C(F)(F)F)no1. The maximum absolute atomic E-state index is 12.2. The summed E-state index contributed by atoms with van der Waals surface area (Å²) in [5.74, 6) is -2.31. The molecule has 1 fully saturated rings. The van der Waals surface area contributed by atoms with Crippen LogP contribution in [-0.4, -0.2) is 15.9 Å². The Morgan fingerprint density at radius 2 is 2.06 bits per heavy atom. The highest BCUT2D eigenvalue weighted by Gasteiger charge is 2.39. The van der Waals surface area contributed by atoms with Crippen LogP contribution in [0.15, 0.2) is 4.52 Å². The molecular formula is C9H9F3N2O2. The highest BCUT2D eigenvalue weighted by atomic mass is 19.4. The standard InChI is InChI=1S/C9H9F3N2O2/c10-9(11,12)8-13-7(16-14-8)5-3-1-2-4-6(5)15/h5H,1-4H2. The molecule has 1 aromatic rings. The van der Waals surface area contributed by atoms with Gasteiger partial charge >= 0.3 is 6.18 Å². The van der Waals surface area contributed by atoms with Gasteiger partial charge < -0.3 is 4.52 Å². The van der Waals surface area contributed by atoms with Gasteiger partial charge in [-0.15, -0.1) is 0 Å². The summed E-state index contributed by atoms with van der Waals surface area (Å²) in [5, 5.41) is 2.83. The third kappa shape index (κ3) is 2.07. The third-order valence-electron chi connectivity index (χ3n) is 2.55. The Balaban J connectivity index is 2.21. The van der Waals surface area contributed by atoms with Gasteiger partial charge in [0.1, 0.15) is 5.78 Å². The van der Waals surface area contributed by atoms with E-state index in [1.165, 1.54) is 0 Å². The van der Waals surface area contributed by atoms with Crippen LogP contribution in [0.4, 0.5) is 13.2 Å². The normalized spacial score (nSPS) is 22.4. The van der Waals surface area contributed by atoms with Crippen LogP contribution in [0.2, 0.25) is 0 Å². The van der Waals surface area contributed by atoms with Crippen molar-refractivity contribution in [2.75, 3.05) is 0 Å². The molecule has 1 aromatic heterocycles. The molecule has 1 unspecified atom stereocenters. The number of alkyl halides is 3. The fraction of sp³-hybridized carbons (Fsp3) is 0.667. The number of hydrogen-bond acceptors (Lipinski definition) is 4. The summed E-state index contributed by atoms with van der Waals surface area (Å²) in [5.41, 5.74) is 0. The molecule has 0 radical (unpaired) electrons. The number of ketones is 1. The van der Waals surface area contributed by atoms with E-state index in [1.54, 1.807) is 0 Å². The van der Waals surface area contributed by atoms with Crippen molar-refractivity contribution >= 4 is 5.78 Å². The van der Waals surface area contributed by atoms with Crippen molar-refractivity contribution in [3.8, 4) is 0 Å². The molecular weight excluding hydrogens is 225 g/mol. The van der Waals surface area contributed by atoms with E-state index in [1.807, 2.05) is 0 Å². The van der Waals surface area contributed by atoms with E-state index < -0.39 is 17.9 Å². The molecule has 1 aliphatic carbocycles. The van der Waals surface area contributed by atoms with Gasteiger partial charge in [-0.25, -0.2) is 0 Å². The van der Waals surface area contributed by atoms with Gasteiger partial charge in [-0.05, 0) is 12.8 Å². The average molecular weight is 234 g/mol. The molecule has 4 nitrogen and oxygen atoms in total. The van der Waals surface area contributed by atoms with E-state index >= 15 is 0 Å². The Labute approximate surface area is 88.8 Å². The molecule has 0 aromatic carbocycles. The molecule has 1 atom stereocenters. The predicted molar refractivity (Wildman–Crippen MR) is 45.5 cm³/mol. The zero-order valence-corrected chi connectivity index (χ0v) is 8.25. The summed E-state index contributed by atoms with van der Waals surface area (Å²) in [4.78, 5) is 14.7. The first kappa shape index (κ1) is 11.1. The van der Waals surface area contributed by atoms with Gasteiger partial charge in [-0.1, -0.05) is 11.6 Å². The van der Waals surface area contributed by atoms with Crippen LogP contribution < -0.4 is 0 Å². The van der Waals surface area contributed by atoms with Gasteiger partial charge in [0.2, 0.25) is 5.89 Å². The zero-order chi connectivity index (χ0) is 11.8. The maximum atomic E-state index is 12.2. The van der Waals surface area contributed by atoms with Crippen molar-refractivity contribution in [2.45, 2.75) is 37.8 Å². The van der Waals surface area contributed by atoms with E-state index in [-0.39, 0.29) is 11.7 Å². The molecule has 1 heterocycles. The van der Waals surface area contributed by atoms with Crippen molar-refractivity contribution in [1.29, 1.82) is 0 Å². The molecule has 0 bridgehead atoms. The number of Topliss-reactive ketones (excluding diaryl/α,β-unsaturated/α-hetero) is 1. The average Bonchev–Trinajstić information content (AvgIpc) is 2.66. The highest BCUT2D eigenvalue weighted by molar-refractivity contribution is 5.85. The molecule has 0 amide bonds. The lowest BCUT2D eigenvalue weighted by Crippen LogP contribution is -2.17. The van der Waals surface area contributed by atoms with Gasteiger partial charge in [0.05, 0.1) is 5.92 Å². The fourth-order valence-corrected chi connectivity index (χ4v) is 1.74. The first-order valence-electron chi connectivity index (χ1n) is 4.92. The molecule has 0 N–H and O–H groups in total. The highest BCUT2D eigenvalue weighted by Crippen LogP contribution is 2.32. The summed E-state index contributed by atoms with van der Waals surface area (Å²) in [6.07, 6.45) is -2.21.